The van der Waals surface area contributed by atoms with Gasteiger partial charge in [0.25, 0.3) is 5.56 Å². The molecule has 0 aliphatic rings. The summed E-state index contributed by atoms with van der Waals surface area (Å²) in [4.78, 5) is 29.8. The highest BCUT2D eigenvalue weighted by Crippen LogP contribution is 2.13. The number of para-hydroxylation sites is 1. The van der Waals surface area contributed by atoms with Crippen LogP contribution in [-0.4, -0.2) is 22.0 Å². The molecular formula is C15H17N3O2. The van der Waals surface area contributed by atoms with E-state index in [1.807, 2.05) is 37.3 Å². The first-order valence-corrected chi connectivity index (χ1v) is 6.50. The van der Waals surface area contributed by atoms with Crippen LogP contribution in [0.3, 0.4) is 0 Å². The molecule has 0 aliphatic carbocycles. The lowest BCUT2D eigenvalue weighted by atomic mass is 10.3. The van der Waals surface area contributed by atoms with Crippen LogP contribution in [0.2, 0.25) is 0 Å². The Morgan fingerprint density at radius 2 is 2.00 bits per heavy atom. The molecule has 1 heterocycles. The number of carbonyl (C=O) groups excluding carboxylic acids is 1. The summed E-state index contributed by atoms with van der Waals surface area (Å²) < 4.78 is 1.32. The molecule has 1 aromatic carbocycles. The zero-order chi connectivity index (χ0) is 14.5. The van der Waals surface area contributed by atoms with E-state index in [9.17, 15) is 9.59 Å². The zero-order valence-electron chi connectivity index (χ0n) is 11.6. The van der Waals surface area contributed by atoms with Crippen molar-refractivity contribution < 1.29 is 4.79 Å². The number of anilines is 1. The average Bonchev–Trinajstić information content (AvgIpc) is 2.44. The fourth-order valence-electron chi connectivity index (χ4n) is 1.98. The smallest absolute Gasteiger partial charge is 0.253 e. The first kappa shape index (κ1) is 14.0. The van der Waals surface area contributed by atoms with Crippen molar-refractivity contribution in [2.24, 2.45) is 0 Å². The van der Waals surface area contributed by atoms with Gasteiger partial charge in [-0.15, -0.1) is 0 Å². The quantitative estimate of drug-likeness (QED) is 0.848. The van der Waals surface area contributed by atoms with Gasteiger partial charge in [0.2, 0.25) is 5.91 Å². The van der Waals surface area contributed by atoms with E-state index in [-0.39, 0.29) is 18.0 Å². The summed E-state index contributed by atoms with van der Waals surface area (Å²) in [6.07, 6.45) is 1.41. The average molecular weight is 271 g/mol. The van der Waals surface area contributed by atoms with Gasteiger partial charge in [-0.25, -0.2) is 4.98 Å². The Balaban J connectivity index is 2.20. The summed E-state index contributed by atoms with van der Waals surface area (Å²) in [7, 11) is 0. The summed E-state index contributed by atoms with van der Waals surface area (Å²) >= 11 is 0. The van der Waals surface area contributed by atoms with E-state index in [0.29, 0.717) is 12.2 Å². The molecule has 0 radical (unpaired) electrons. The molecule has 0 bridgehead atoms. The van der Waals surface area contributed by atoms with Crippen LogP contribution in [0.5, 0.6) is 0 Å². The van der Waals surface area contributed by atoms with E-state index in [0.717, 1.165) is 5.69 Å². The summed E-state index contributed by atoms with van der Waals surface area (Å²) in [6.45, 7) is 4.20. The number of hydrogen-bond acceptors (Lipinski definition) is 3. The first-order valence-electron chi connectivity index (χ1n) is 6.50. The van der Waals surface area contributed by atoms with Gasteiger partial charge in [-0.2, -0.15) is 0 Å². The number of benzene rings is 1. The van der Waals surface area contributed by atoms with Crippen LogP contribution < -0.4 is 10.5 Å². The van der Waals surface area contributed by atoms with E-state index in [4.69, 9.17) is 0 Å². The predicted molar refractivity (Wildman–Crippen MR) is 77.7 cm³/mol. The molecule has 0 N–H and O–H groups in total. The lowest BCUT2D eigenvalue weighted by molar-refractivity contribution is -0.119. The van der Waals surface area contributed by atoms with Crippen LogP contribution in [0, 0.1) is 6.92 Å². The molecule has 0 saturated heterocycles. The van der Waals surface area contributed by atoms with Gasteiger partial charge in [0.05, 0.1) is 6.33 Å². The van der Waals surface area contributed by atoms with Crippen molar-refractivity contribution in [3.63, 3.8) is 0 Å². The van der Waals surface area contributed by atoms with Gasteiger partial charge in [0, 0.05) is 24.0 Å². The number of likely N-dealkylation sites (N-methyl/N-ethyl adjacent to an activating group) is 1. The lowest BCUT2D eigenvalue weighted by Gasteiger charge is -2.21. The summed E-state index contributed by atoms with van der Waals surface area (Å²) in [5, 5.41) is 0. The van der Waals surface area contributed by atoms with E-state index < -0.39 is 0 Å². The van der Waals surface area contributed by atoms with Crippen molar-refractivity contribution in [2.45, 2.75) is 20.4 Å². The Morgan fingerprint density at radius 3 is 2.60 bits per heavy atom. The van der Waals surface area contributed by atoms with Crippen LogP contribution in [0.4, 0.5) is 5.69 Å². The first-order chi connectivity index (χ1) is 9.61. The second-order valence-corrected chi connectivity index (χ2v) is 4.47. The van der Waals surface area contributed by atoms with Crippen molar-refractivity contribution in [2.75, 3.05) is 11.4 Å². The van der Waals surface area contributed by atoms with Crippen LogP contribution >= 0.6 is 0 Å². The second kappa shape index (κ2) is 6.14. The molecule has 0 unspecified atom stereocenters. The van der Waals surface area contributed by atoms with Gasteiger partial charge >= 0.3 is 0 Å². The van der Waals surface area contributed by atoms with E-state index in [1.165, 1.54) is 17.0 Å². The highest BCUT2D eigenvalue weighted by atomic mass is 16.2. The molecule has 0 aliphatic heterocycles. The van der Waals surface area contributed by atoms with E-state index >= 15 is 0 Å². The number of amides is 1. The minimum atomic E-state index is -0.213. The maximum atomic E-state index is 12.3. The van der Waals surface area contributed by atoms with Crippen LogP contribution in [0.25, 0.3) is 0 Å². The molecule has 1 amide bonds. The van der Waals surface area contributed by atoms with Crippen molar-refractivity contribution in [1.82, 2.24) is 9.55 Å². The molecule has 1 aromatic heterocycles. The Bertz CT molecular complexity index is 650. The van der Waals surface area contributed by atoms with Gasteiger partial charge in [-0.1, -0.05) is 18.2 Å². The number of rotatable bonds is 4. The number of nitrogens with zero attached hydrogens (tertiary/aromatic N) is 3. The number of hydrogen-bond donors (Lipinski definition) is 0. The molecule has 0 fully saturated rings. The van der Waals surface area contributed by atoms with E-state index in [2.05, 4.69) is 4.98 Å². The lowest BCUT2D eigenvalue weighted by Crippen LogP contribution is -2.36. The van der Waals surface area contributed by atoms with Crippen molar-refractivity contribution >= 4 is 11.6 Å². The molecule has 20 heavy (non-hydrogen) atoms. The normalized spacial score (nSPS) is 10.3. The number of aryl methyl sites for hydroxylation is 1. The zero-order valence-corrected chi connectivity index (χ0v) is 11.6. The van der Waals surface area contributed by atoms with Gasteiger partial charge in [-0.05, 0) is 26.0 Å². The third-order valence-corrected chi connectivity index (χ3v) is 3.01. The van der Waals surface area contributed by atoms with Gasteiger partial charge in [-0.3, -0.25) is 14.2 Å². The molecule has 2 aromatic rings. The minimum Gasteiger partial charge on any atom is -0.311 e. The maximum absolute atomic E-state index is 12.3. The van der Waals surface area contributed by atoms with Crippen LogP contribution in [0.1, 0.15) is 12.6 Å². The molecule has 0 atom stereocenters. The Kier molecular flexibility index (Phi) is 4.30. The second-order valence-electron chi connectivity index (χ2n) is 4.47. The monoisotopic (exact) mass is 271 g/mol. The van der Waals surface area contributed by atoms with Crippen LogP contribution in [0.15, 0.2) is 47.5 Å². The topological polar surface area (TPSA) is 55.2 Å². The third-order valence-electron chi connectivity index (χ3n) is 3.01. The Morgan fingerprint density at radius 1 is 1.30 bits per heavy atom. The molecule has 0 spiro atoms. The van der Waals surface area contributed by atoms with Gasteiger partial charge in [0.1, 0.15) is 6.54 Å². The number of carbonyl (C=O) groups is 1. The molecule has 104 valence electrons. The molecule has 2 rings (SSSR count). The number of aromatic nitrogens is 2. The Labute approximate surface area is 117 Å². The largest absolute Gasteiger partial charge is 0.311 e. The Hall–Kier alpha value is -2.43. The fraction of sp³-hybridized carbons (Fsp3) is 0.267. The summed E-state index contributed by atoms with van der Waals surface area (Å²) in [6, 6.07) is 10.8. The van der Waals surface area contributed by atoms with Crippen molar-refractivity contribution in [3.05, 3.63) is 58.8 Å². The predicted octanol–water partition coefficient (Wildman–Crippen LogP) is 1.60. The molecule has 5 nitrogen and oxygen atoms in total. The third kappa shape index (κ3) is 3.12. The van der Waals surface area contributed by atoms with Crippen molar-refractivity contribution in [3.8, 4) is 0 Å². The van der Waals surface area contributed by atoms with Gasteiger partial charge < -0.3 is 4.90 Å². The molecule has 0 saturated carbocycles. The van der Waals surface area contributed by atoms with Crippen LogP contribution in [-0.2, 0) is 11.3 Å². The highest BCUT2D eigenvalue weighted by molar-refractivity contribution is 5.93. The summed E-state index contributed by atoms with van der Waals surface area (Å²) in [5.74, 6) is -0.133. The van der Waals surface area contributed by atoms with Gasteiger partial charge in [0.15, 0.2) is 0 Å². The molecule has 5 heteroatoms. The standard InChI is InChI=1S/C15H17N3O2/c1-3-18(13-7-5-4-6-8-13)15(20)10-17-11-16-12(2)9-14(17)19/h4-9,11H,3,10H2,1-2H3. The SMILES string of the molecule is CCN(C(=O)Cn1cnc(C)cc1=O)c1ccccc1. The van der Waals surface area contributed by atoms with E-state index in [1.54, 1.807) is 11.8 Å². The summed E-state index contributed by atoms with van der Waals surface area (Å²) in [5.41, 5.74) is 1.26. The highest BCUT2D eigenvalue weighted by Gasteiger charge is 2.14. The fourth-order valence-corrected chi connectivity index (χ4v) is 1.98. The maximum Gasteiger partial charge on any atom is 0.253 e. The minimum absolute atomic E-state index is 0.00511. The molecular weight excluding hydrogens is 254 g/mol. The van der Waals surface area contributed by atoms with Crippen molar-refractivity contribution in [1.29, 1.82) is 0 Å².